The second-order valence-electron chi connectivity index (χ2n) is 2.21. The molecule has 0 radical (unpaired) electrons. The van der Waals surface area contributed by atoms with Crippen molar-refractivity contribution in [1.82, 2.24) is 0 Å². The van der Waals surface area contributed by atoms with E-state index in [4.69, 9.17) is 5.11 Å². The fraction of sp³-hybridized carbons (Fsp3) is 0.429. The molecule has 62 valence electrons. The molecule has 0 aliphatic rings. The first-order chi connectivity index (χ1) is 5.04. The van der Waals surface area contributed by atoms with Crippen LogP contribution in [0.25, 0.3) is 0 Å². The SMILES string of the molecule is C=C(C)CON=C(C)C(=O)O. The summed E-state index contributed by atoms with van der Waals surface area (Å²) >= 11 is 0. The highest BCUT2D eigenvalue weighted by molar-refractivity contribution is 6.34. The highest BCUT2D eigenvalue weighted by Crippen LogP contribution is 1.89. The molecule has 0 aliphatic heterocycles. The van der Waals surface area contributed by atoms with Gasteiger partial charge in [0.25, 0.3) is 0 Å². The van der Waals surface area contributed by atoms with Crippen LogP contribution in [0.15, 0.2) is 17.3 Å². The molecule has 0 rings (SSSR count). The fourth-order valence-electron chi connectivity index (χ4n) is 0.278. The van der Waals surface area contributed by atoms with Crippen molar-refractivity contribution >= 4 is 11.7 Å². The van der Waals surface area contributed by atoms with Gasteiger partial charge in [0.05, 0.1) is 0 Å². The van der Waals surface area contributed by atoms with Gasteiger partial charge in [-0.3, -0.25) is 0 Å². The summed E-state index contributed by atoms with van der Waals surface area (Å²) in [5.41, 5.74) is 0.734. The molecule has 0 spiro atoms. The summed E-state index contributed by atoms with van der Waals surface area (Å²) in [5.74, 6) is -1.08. The van der Waals surface area contributed by atoms with E-state index in [0.717, 1.165) is 5.57 Å². The first-order valence-electron chi connectivity index (χ1n) is 3.08. The third kappa shape index (κ3) is 5.14. The van der Waals surface area contributed by atoms with E-state index in [1.54, 1.807) is 6.92 Å². The predicted molar refractivity (Wildman–Crippen MR) is 41.5 cm³/mol. The van der Waals surface area contributed by atoms with Gasteiger partial charge in [-0.1, -0.05) is 11.7 Å². The quantitative estimate of drug-likeness (QED) is 0.377. The summed E-state index contributed by atoms with van der Waals surface area (Å²) in [7, 11) is 0. The number of aliphatic carboxylic acids is 1. The molecule has 0 aromatic carbocycles. The molecule has 0 unspecified atom stereocenters. The molecule has 0 atom stereocenters. The highest BCUT2D eigenvalue weighted by Gasteiger charge is 2.00. The molecule has 1 N–H and O–H groups in total. The maximum absolute atomic E-state index is 10.1. The van der Waals surface area contributed by atoms with Gasteiger partial charge in [0.1, 0.15) is 6.61 Å². The van der Waals surface area contributed by atoms with E-state index in [-0.39, 0.29) is 12.3 Å². The van der Waals surface area contributed by atoms with Crippen molar-refractivity contribution in [3.8, 4) is 0 Å². The van der Waals surface area contributed by atoms with Crippen molar-refractivity contribution in [2.45, 2.75) is 13.8 Å². The summed E-state index contributed by atoms with van der Waals surface area (Å²) in [5, 5.41) is 11.6. The number of oxime groups is 1. The second-order valence-corrected chi connectivity index (χ2v) is 2.21. The Bertz CT molecular complexity index is 196. The zero-order valence-corrected chi connectivity index (χ0v) is 6.63. The minimum Gasteiger partial charge on any atom is -0.477 e. The van der Waals surface area contributed by atoms with Gasteiger partial charge in [0.15, 0.2) is 5.71 Å². The van der Waals surface area contributed by atoms with E-state index in [1.165, 1.54) is 6.92 Å². The fourth-order valence-corrected chi connectivity index (χ4v) is 0.278. The zero-order chi connectivity index (χ0) is 8.85. The molecule has 0 saturated heterocycles. The van der Waals surface area contributed by atoms with Gasteiger partial charge in [0, 0.05) is 0 Å². The minimum atomic E-state index is -1.08. The van der Waals surface area contributed by atoms with Crippen molar-refractivity contribution in [1.29, 1.82) is 0 Å². The lowest BCUT2D eigenvalue weighted by Gasteiger charge is -1.97. The van der Waals surface area contributed by atoms with Gasteiger partial charge in [0.2, 0.25) is 0 Å². The molecule has 11 heavy (non-hydrogen) atoms. The normalized spacial score (nSPS) is 10.9. The van der Waals surface area contributed by atoms with E-state index in [0.29, 0.717) is 0 Å². The minimum absolute atomic E-state index is 0.0637. The molecule has 0 amide bonds. The van der Waals surface area contributed by atoms with Gasteiger partial charge in [-0.15, -0.1) is 0 Å². The Morgan fingerprint density at radius 3 is 2.55 bits per heavy atom. The average molecular weight is 157 g/mol. The van der Waals surface area contributed by atoms with Gasteiger partial charge in [-0.05, 0) is 19.4 Å². The van der Waals surface area contributed by atoms with Gasteiger partial charge in [-0.25, -0.2) is 4.79 Å². The van der Waals surface area contributed by atoms with Gasteiger partial charge in [-0.2, -0.15) is 0 Å². The topological polar surface area (TPSA) is 58.9 Å². The lowest BCUT2D eigenvalue weighted by molar-refractivity contribution is -0.129. The number of hydrogen-bond donors (Lipinski definition) is 1. The van der Waals surface area contributed by atoms with Crippen molar-refractivity contribution in [2.24, 2.45) is 5.16 Å². The van der Waals surface area contributed by atoms with Crippen molar-refractivity contribution < 1.29 is 14.7 Å². The number of carboxylic acid groups (broad SMARTS) is 1. The van der Waals surface area contributed by atoms with Crippen LogP contribution in [0, 0.1) is 0 Å². The monoisotopic (exact) mass is 157 g/mol. The summed E-state index contributed by atoms with van der Waals surface area (Å²) < 4.78 is 0. The Kier molecular flexibility index (Phi) is 3.95. The zero-order valence-electron chi connectivity index (χ0n) is 6.63. The van der Waals surface area contributed by atoms with Crippen LogP contribution in [0.5, 0.6) is 0 Å². The maximum atomic E-state index is 10.1. The summed E-state index contributed by atoms with van der Waals surface area (Å²) in [6, 6.07) is 0. The van der Waals surface area contributed by atoms with Crippen LogP contribution in [0.2, 0.25) is 0 Å². The average Bonchev–Trinajstić information content (AvgIpc) is 1.86. The molecular formula is C7H11NO3. The predicted octanol–water partition coefficient (Wildman–Crippen LogP) is 1.04. The summed E-state index contributed by atoms with van der Waals surface area (Å²) in [4.78, 5) is 14.8. The molecule has 4 nitrogen and oxygen atoms in total. The van der Waals surface area contributed by atoms with Gasteiger partial charge < -0.3 is 9.94 Å². The van der Waals surface area contributed by atoms with Crippen LogP contribution in [0.4, 0.5) is 0 Å². The molecule has 0 aromatic rings. The molecule has 0 heterocycles. The van der Waals surface area contributed by atoms with Crippen LogP contribution in [0.3, 0.4) is 0 Å². The molecule has 0 aromatic heterocycles. The van der Waals surface area contributed by atoms with Crippen LogP contribution >= 0.6 is 0 Å². The third-order valence-corrected chi connectivity index (χ3v) is 0.822. The Labute approximate surface area is 65.2 Å². The molecule has 0 bridgehead atoms. The largest absolute Gasteiger partial charge is 0.477 e. The summed E-state index contributed by atoms with van der Waals surface area (Å²) in [6.45, 7) is 6.94. The van der Waals surface area contributed by atoms with Crippen LogP contribution in [-0.2, 0) is 9.63 Å². The second kappa shape index (κ2) is 4.49. The van der Waals surface area contributed by atoms with E-state index in [9.17, 15) is 4.79 Å². The number of nitrogens with zero attached hydrogens (tertiary/aromatic N) is 1. The van der Waals surface area contributed by atoms with Crippen molar-refractivity contribution in [2.75, 3.05) is 6.61 Å². The Hall–Kier alpha value is -1.32. The standard InChI is InChI=1S/C7H11NO3/c1-5(2)4-11-8-6(3)7(9)10/h1,4H2,2-3H3,(H,9,10). The van der Waals surface area contributed by atoms with Crippen molar-refractivity contribution in [3.63, 3.8) is 0 Å². The Morgan fingerprint density at radius 1 is 1.64 bits per heavy atom. The van der Waals surface area contributed by atoms with E-state index >= 15 is 0 Å². The third-order valence-electron chi connectivity index (χ3n) is 0.822. The number of carbonyl (C=O) groups is 1. The van der Waals surface area contributed by atoms with Gasteiger partial charge >= 0.3 is 5.97 Å². The molecular weight excluding hydrogens is 146 g/mol. The highest BCUT2D eigenvalue weighted by atomic mass is 16.6. The Morgan fingerprint density at radius 2 is 2.18 bits per heavy atom. The summed E-state index contributed by atoms with van der Waals surface area (Å²) in [6.07, 6.45) is 0. The first-order valence-corrected chi connectivity index (χ1v) is 3.08. The number of hydrogen-bond acceptors (Lipinski definition) is 3. The lowest BCUT2D eigenvalue weighted by Crippen LogP contribution is -2.08. The number of carboxylic acids is 1. The van der Waals surface area contributed by atoms with Crippen LogP contribution in [0.1, 0.15) is 13.8 Å². The lowest BCUT2D eigenvalue weighted by atomic mass is 10.4. The molecule has 4 heteroatoms. The van der Waals surface area contributed by atoms with Crippen molar-refractivity contribution in [3.05, 3.63) is 12.2 Å². The van der Waals surface area contributed by atoms with E-state index < -0.39 is 5.97 Å². The first kappa shape index (κ1) is 9.68. The van der Waals surface area contributed by atoms with Crippen LogP contribution < -0.4 is 0 Å². The van der Waals surface area contributed by atoms with E-state index in [1.807, 2.05) is 0 Å². The smallest absolute Gasteiger partial charge is 0.353 e. The maximum Gasteiger partial charge on any atom is 0.353 e. The van der Waals surface area contributed by atoms with E-state index in [2.05, 4.69) is 16.6 Å². The molecule has 0 saturated carbocycles. The molecule has 0 aliphatic carbocycles. The number of rotatable bonds is 4. The van der Waals surface area contributed by atoms with Crippen LogP contribution in [-0.4, -0.2) is 23.4 Å². The molecule has 0 fully saturated rings. The Balaban J connectivity index is 3.74.